The number of carbonyl (C=O) groups is 1. The van der Waals surface area contributed by atoms with E-state index in [9.17, 15) is 4.79 Å². The predicted octanol–water partition coefficient (Wildman–Crippen LogP) is 2.09. The predicted molar refractivity (Wildman–Crippen MR) is 91.3 cm³/mol. The van der Waals surface area contributed by atoms with E-state index in [0.29, 0.717) is 12.1 Å². The van der Waals surface area contributed by atoms with Gasteiger partial charge in [-0.1, -0.05) is 17.7 Å². The highest BCUT2D eigenvalue weighted by molar-refractivity contribution is 5.94. The standard InChI is InChI=1S/C18H29N3O/c1-14-6-8-17(9-7-14)18(22)20-12-15(2)21(16(3)13-20)11-10-19(4)5/h6-9,15-16H,10-13H2,1-5H3. The first-order valence-electron chi connectivity index (χ1n) is 8.15. The van der Waals surface area contributed by atoms with Crippen LogP contribution < -0.4 is 0 Å². The molecule has 1 aromatic carbocycles. The monoisotopic (exact) mass is 303 g/mol. The van der Waals surface area contributed by atoms with Crippen LogP contribution >= 0.6 is 0 Å². The van der Waals surface area contributed by atoms with Crippen LogP contribution in [0.5, 0.6) is 0 Å². The first kappa shape index (κ1) is 17.0. The van der Waals surface area contributed by atoms with Crippen LogP contribution in [-0.2, 0) is 0 Å². The van der Waals surface area contributed by atoms with Crippen LogP contribution in [0.3, 0.4) is 0 Å². The minimum atomic E-state index is 0.158. The van der Waals surface area contributed by atoms with Crippen molar-refractivity contribution in [3.63, 3.8) is 0 Å². The van der Waals surface area contributed by atoms with Gasteiger partial charge in [0.1, 0.15) is 0 Å². The van der Waals surface area contributed by atoms with E-state index < -0.39 is 0 Å². The average molecular weight is 303 g/mol. The molecule has 0 N–H and O–H groups in total. The van der Waals surface area contributed by atoms with Gasteiger partial charge < -0.3 is 9.80 Å². The molecular weight excluding hydrogens is 274 g/mol. The first-order valence-corrected chi connectivity index (χ1v) is 8.15. The number of hydrogen-bond acceptors (Lipinski definition) is 3. The maximum Gasteiger partial charge on any atom is 0.253 e. The fourth-order valence-corrected chi connectivity index (χ4v) is 3.16. The molecule has 1 aromatic rings. The number of hydrogen-bond donors (Lipinski definition) is 0. The summed E-state index contributed by atoms with van der Waals surface area (Å²) >= 11 is 0. The maximum absolute atomic E-state index is 12.7. The van der Waals surface area contributed by atoms with Gasteiger partial charge in [0.15, 0.2) is 0 Å². The minimum Gasteiger partial charge on any atom is -0.336 e. The second-order valence-corrected chi connectivity index (χ2v) is 6.82. The van der Waals surface area contributed by atoms with Crippen molar-refractivity contribution < 1.29 is 4.79 Å². The number of likely N-dealkylation sites (N-methyl/N-ethyl adjacent to an activating group) is 1. The second kappa shape index (κ2) is 7.25. The van der Waals surface area contributed by atoms with Crippen molar-refractivity contribution in [2.45, 2.75) is 32.9 Å². The van der Waals surface area contributed by atoms with Gasteiger partial charge >= 0.3 is 0 Å². The third-order valence-corrected chi connectivity index (χ3v) is 4.49. The Hall–Kier alpha value is -1.39. The molecule has 1 aliphatic rings. The van der Waals surface area contributed by atoms with Gasteiger partial charge in [-0.25, -0.2) is 0 Å². The van der Waals surface area contributed by atoms with E-state index in [1.54, 1.807) is 0 Å². The van der Waals surface area contributed by atoms with Crippen molar-refractivity contribution in [3.8, 4) is 0 Å². The van der Waals surface area contributed by atoms with Crippen molar-refractivity contribution in [1.82, 2.24) is 14.7 Å². The van der Waals surface area contributed by atoms with Gasteiger partial charge in [0.25, 0.3) is 5.91 Å². The molecule has 1 saturated heterocycles. The van der Waals surface area contributed by atoms with E-state index in [1.165, 1.54) is 5.56 Å². The lowest BCUT2D eigenvalue weighted by Crippen LogP contribution is -2.59. The molecule has 4 heteroatoms. The van der Waals surface area contributed by atoms with Crippen LogP contribution in [0.25, 0.3) is 0 Å². The van der Waals surface area contributed by atoms with Crippen molar-refractivity contribution >= 4 is 5.91 Å². The Kier molecular flexibility index (Phi) is 5.59. The lowest BCUT2D eigenvalue weighted by Gasteiger charge is -2.44. The summed E-state index contributed by atoms with van der Waals surface area (Å²) in [7, 11) is 4.21. The van der Waals surface area contributed by atoms with Gasteiger partial charge in [0.2, 0.25) is 0 Å². The van der Waals surface area contributed by atoms with E-state index in [0.717, 1.165) is 31.7 Å². The molecule has 0 aliphatic carbocycles. The molecule has 122 valence electrons. The normalized spacial score (nSPS) is 23.1. The van der Waals surface area contributed by atoms with Crippen molar-refractivity contribution in [3.05, 3.63) is 35.4 Å². The molecular formula is C18H29N3O. The molecule has 0 bridgehead atoms. The van der Waals surface area contributed by atoms with Gasteiger partial charge in [0, 0.05) is 43.8 Å². The zero-order chi connectivity index (χ0) is 16.3. The summed E-state index contributed by atoms with van der Waals surface area (Å²) in [6, 6.07) is 8.69. The number of aryl methyl sites for hydroxylation is 1. The molecule has 4 nitrogen and oxygen atoms in total. The summed E-state index contributed by atoms with van der Waals surface area (Å²) in [6.45, 7) is 10.2. The molecule has 1 amide bonds. The van der Waals surface area contributed by atoms with Crippen molar-refractivity contribution in [1.29, 1.82) is 0 Å². The average Bonchev–Trinajstić information content (AvgIpc) is 2.46. The summed E-state index contributed by atoms with van der Waals surface area (Å²) in [4.78, 5) is 19.4. The Morgan fingerprint density at radius 1 is 1.14 bits per heavy atom. The number of amides is 1. The molecule has 2 unspecified atom stereocenters. The smallest absolute Gasteiger partial charge is 0.253 e. The summed E-state index contributed by atoms with van der Waals surface area (Å²) in [5, 5.41) is 0. The van der Waals surface area contributed by atoms with E-state index in [4.69, 9.17) is 0 Å². The van der Waals surface area contributed by atoms with E-state index in [1.807, 2.05) is 36.1 Å². The van der Waals surface area contributed by atoms with Gasteiger partial charge in [-0.2, -0.15) is 0 Å². The van der Waals surface area contributed by atoms with Crippen LogP contribution in [0, 0.1) is 6.92 Å². The van der Waals surface area contributed by atoms with E-state index in [2.05, 4.69) is 37.7 Å². The first-order chi connectivity index (χ1) is 10.4. The SMILES string of the molecule is Cc1ccc(C(=O)N2CC(C)N(CCN(C)C)C(C)C2)cc1. The number of nitrogens with zero attached hydrogens (tertiary/aromatic N) is 3. The molecule has 1 aliphatic heterocycles. The fourth-order valence-electron chi connectivity index (χ4n) is 3.16. The molecule has 0 radical (unpaired) electrons. The minimum absolute atomic E-state index is 0.158. The zero-order valence-corrected chi connectivity index (χ0v) is 14.5. The molecule has 0 aromatic heterocycles. The number of benzene rings is 1. The Morgan fingerprint density at radius 2 is 1.68 bits per heavy atom. The summed E-state index contributed by atoms with van der Waals surface area (Å²) in [5.41, 5.74) is 1.98. The summed E-state index contributed by atoms with van der Waals surface area (Å²) in [6.07, 6.45) is 0. The summed E-state index contributed by atoms with van der Waals surface area (Å²) < 4.78 is 0. The van der Waals surface area contributed by atoms with Crippen LogP contribution in [0.15, 0.2) is 24.3 Å². The lowest BCUT2D eigenvalue weighted by atomic mass is 10.1. The fraction of sp³-hybridized carbons (Fsp3) is 0.611. The quantitative estimate of drug-likeness (QED) is 0.852. The molecule has 1 heterocycles. The highest BCUT2D eigenvalue weighted by atomic mass is 16.2. The van der Waals surface area contributed by atoms with Gasteiger partial charge in [-0.15, -0.1) is 0 Å². The van der Waals surface area contributed by atoms with Crippen LogP contribution in [0.2, 0.25) is 0 Å². The van der Waals surface area contributed by atoms with E-state index >= 15 is 0 Å². The summed E-state index contributed by atoms with van der Waals surface area (Å²) in [5.74, 6) is 0.158. The Morgan fingerprint density at radius 3 is 2.18 bits per heavy atom. The van der Waals surface area contributed by atoms with Crippen LogP contribution in [0.4, 0.5) is 0 Å². The Bertz CT molecular complexity index is 486. The second-order valence-electron chi connectivity index (χ2n) is 6.82. The highest BCUT2D eigenvalue weighted by Crippen LogP contribution is 2.18. The number of carbonyl (C=O) groups excluding carboxylic acids is 1. The number of rotatable bonds is 4. The topological polar surface area (TPSA) is 26.8 Å². The van der Waals surface area contributed by atoms with Crippen molar-refractivity contribution in [2.24, 2.45) is 0 Å². The van der Waals surface area contributed by atoms with Crippen LogP contribution in [0.1, 0.15) is 29.8 Å². The third-order valence-electron chi connectivity index (χ3n) is 4.49. The van der Waals surface area contributed by atoms with Gasteiger partial charge in [-0.3, -0.25) is 9.69 Å². The Labute approximate surface area is 134 Å². The molecule has 2 atom stereocenters. The number of piperazine rings is 1. The molecule has 2 rings (SSSR count). The van der Waals surface area contributed by atoms with Gasteiger partial charge in [-0.05, 0) is 47.0 Å². The lowest BCUT2D eigenvalue weighted by molar-refractivity contribution is 0.0283. The molecule has 1 fully saturated rings. The zero-order valence-electron chi connectivity index (χ0n) is 14.5. The van der Waals surface area contributed by atoms with Gasteiger partial charge in [0.05, 0.1) is 0 Å². The Balaban J connectivity index is 2.01. The molecule has 0 spiro atoms. The largest absolute Gasteiger partial charge is 0.336 e. The maximum atomic E-state index is 12.7. The van der Waals surface area contributed by atoms with Crippen molar-refractivity contribution in [2.75, 3.05) is 40.3 Å². The van der Waals surface area contributed by atoms with Crippen LogP contribution in [-0.4, -0.2) is 73.0 Å². The molecule has 0 saturated carbocycles. The third kappa shape index (κ3) is 4.08. The highest BCUT2D eigenvalue weighted by Gasteiger charge is 2.31. The molecule has 22 heavy (non-hydrogen) atoms. The van der Waals surface area contributed by atoms with E-state index in [-0.39, 0.29) is 5.91 Å².